The maximum atomic E-state index is 10.9. The fraction of sp³-hybridized carbons (Fsp3) is 0.348. The third-order valence-corrected chi connectivity index (χ3v) is 6.08. The molecule has 0 amide bonds. The first-order valence-electron chi connectivity index (χ1n) is 9.68. The molecule has 158 valence electrons. The lowest BCUT2D eigenvalue weighted by molar-refractivity contribution is -0.104. The zero-order valence-corrected chi connectivity index (χ0v) is 18.3. The smallest absolute Gasteiger partial charge is 0.158 e. The van der Waals surface area contributed by atoms with Crippen molar-refractivity contribution in [2.24, 2.45) is 4.58 Å². The van der Waals surface area contributed by atoms with Crippen LogP contribution in [0.25, 0.3) is 6.08 Å². The summed E-state index contributed by atoms with van der Waals surface area (Å²) in [7, 11) is 0. The topological polar surface area (TPSA) is 85.2 Å². The average molecular weight is 428 g/mol. The number of phenolic OH excluding ortho intramolecular Hbond substituents is 1. The van der Waals surface area contributed by atoms with Crippen LogP contribution in [0.2, 0.25) is 0 Å². The molecule has 30 heavy (non-hydrogen) atoms. The van der Waals surface area contributed by atoms with E-state index < -0.39 is 5.60 Å². The number of ether oxygens (including phenoxy) is 2. The summed E-state index contributed by atoms with van der Waals surface area (Å²) in [6, 6.07) is 7.24. The summed E-state index contributed by atoms with van der Waals surface area (Å²) in [5.41, 5.74) is 4.05. The van der Waals surface area contributed by atoms with Crippen LogP contribution in [0.5, 0.6) is 17.2 Å². The van der Waals surface area contributed by atoms with Gasteiger partial charge < -0.3 is 14.6 Å². The number of phenols is 1. The van der Waals surface area contributed by atoms with E-state index in [1.165, 1.54) is 0 Å². The highest BCUT2D eigenvalue weighted by Crippen LogP contribution is 2.43. The van der Waals surface area contributed by atoms with Crippen molar-refractivity contribution in [1.29, 1.82) is 0 Å². The molecule has 0 spiro atoms. The Kier molecular flexibility index (Phi) is 6.51. The molecule has 3 rings (SSSR count). The Morgan fingerprint density at radius 1 is 1.23 bits per heavy atom. The monoisotopic (exact) mass is 427 g/mol. The number of fused-ring (bicyclic) bond motifs is 1. The summed E-state index contributed by atoms with van der Waals surface area (Å²) in [5.74, 6) is 1.89. The van der Waals surface area contributed by atoms with Gasteiger partial charge in [-0.2, -0.15) is 0 Å². The molecule has 1 aliphatic rings. The van der Waals surface area contributed by atoms with Gasteiger partial charge in [0.1, 0.15) is 29.5 Å². The highest BCUT2D eigenvalue weighted by Gasteiger charge is 2.35. The predicted octanol–water partition coefficient (Wildman–Crippen LogP) is 5.43. The van der Waals surface area contributed by atoms with Gasteiger partial charge in [-0.25, -0.2) is 0 Å². The van der Waals surface area contributed by atoms with Crippen LogP contribution < -0.4 is 9.47 Å². The van der Waals surface area contributed by atoms with Crippen molar-refractivity contribution in [2.45, 2.75) is 46.1 Å². The van der Waals surface area contributed by atoms with E-state index in [1.807, 2.05) is 52.0 Å². The molecular formula is C23H25NO5S. The third-order valence-electron chi connectivity index (χ3n) is 5.58. The van der Waals surface area contributed by atoms with Crippen LogP contribution in [-0.4, -0.2) is 23.6 Å². The number of aldehydes is 1. The van der Waals surface area contributed by atoms with E-state index in [0.717, 1.165) is 46.4 Å². The van der Waals surface area contributed by atoms with Crippen molar-refractivity contribution in [3.05, 3.63) is 61.9 Å². The number of aromatic hydroxyl groups is 1. The second-order valence-electron chi connectivity index (χ2n) is 7.77. The fourth-order valence-electron chi connectivity index (χ4n) is 3.58. The number of hydrogen-bond donors (Lipinski definition) is 1. The lowest BCUT2D eigenvalue weighted by atomic mass is 9.87. The molecule has 0 aromatic heterocycles. The molecule has 7 heteroatoms. The lowest BCUT2D eigenvalue weighted by Crippen LogP contribution is -2.42. The van der Waals surface area contributed by atoms with Crippen molar-refractivity contribution >= 4 is 24.3 Å². The number of benzene rings is 2. The van der Waals surface area contributed by atoms with Gasteiger partial charge in [0.15, 0.2) is 6.29 Å². The number of hydrogen-bond acceptors (Lipinski definition) is 7. The van der Waals surface area contributed by atoms with Crippen LogP contribution in [0.3, 0.4) is 0 Å². The summed E-state index contributed by atoms with van der Waals surface area (Å²) in [4.78, 5) is 21.5. The van der Waals surface area contributed by atoms with Gasteiger partial charge in [0.2, 0.25) is 0 Å². The Morgan fingerprint density at radius 2 is 1.93 bits per heavy atom. The minimum atomic E-state index is -0.483. The molecule has 2 aromatic carbocycles. The third kappa shape index (κ3) is 4.51. The minimum Gasteiger partial charge on any atom is -0.507 e. The van der Waals surface area contributed by atoms with Gasteiger partial charge in [-0.3, -0.25) is 4.79 Å². The molecule has 0 fully saturated rings. The predicted molar refractivity (Wildman–Crippen MR) is 119 cm³/mol. The Morgan fingerprint density at radius 3 is 2.57 bits per heavy atom. The summed E-state index contributed by atoms with van der Waals surface area (Å²) in [5, 5.41) is 10.3. The van der Waals surface area contributed by atoms with Crippen LogP contribution >= 0.6 is 11.9 Å². The zero-order chi connectivity index (χ0) is 21.9. The molecule has 1 heterocycles. The number of allylic oxidation sites excluding steroid dienone is 1. The first kappa shape index (κ1) is 21.9. The van der Waals surface area contributed by atoms with Gasteiger partial charge in [-0.05, 0) is 81.0 Å². The van der Waals surface area contributed by atoms with Gasteiger partial charge >= 0.3 is 0 Å². The molecular weight excluding hydrogens is 402 g/mol. The van der Waals surface area contributed by atoms with Crippen LogP contribution in [0.1, 0.15) is 41.2 Å². The minimum absolute atomic E-state index is 0.243. The van der Waals surface area contributed by atoms with Crippen LogP contribution in [0.4, 0.5) is 0 Å². The highest BCUT2D eigenvalue weighted by atomic mass is 32.2. The van der Waals surface area contributed by atoms with Crippen LogP contribution in [0, 0.1) is 25.7 Å². The zero-order valence-electron chi connectivity index (χ0n) is 17.5. The molecule has 1 aliphatic heterocycles. The van der Waals surface area contributed by atoms with E-state index in [9.17, 15) is 14.8 Å². The van der Waals surface area contributed by atoms with Gasteiger partial charge in [-0.1, -0.05) is 12.1 Å². The molecule has 0 bridgehead atoms. The second kappa shape index (κ2) is 8.92. The van der Waals surface area contributed by atoms with Crippen LogP contribution in [0.15, 0.2) is 33.8 Å². The van der Waals surface area contributed by atoms with E-state index in [4.69, 9.17) is 9.47 Å². The molecule has 1 atom stereocenters. The Hall–Kier alpha value is -2.80. The molecule has 0 saturated carbocycles. The summed E-state index contributed by atoms with van der Waals surface area (Å²) < 4.78 is 15.0. The first-order chi connectivity index (χ1) is 14.3. The SMILES string of the molecule is Cc1c(C)c2c(c(C)c1O)CCC(C)(COc1ccc(/C=C(/C=O)SN=O)cc1)O2. The second-order valence-corrected chi connectivity index (χ2v) is 8.57. The average Bonchev–Trinajstić information content (AvgIpc) is 2.75. The van der Waals surface area contributed by atoms with Gasteiger partial charge in [-0.15, -0.1) is 4.91 Å². The van der Waals surface area contributed by atoms with E-state index in [1.54, 1.807) is 6.08 Å². The number of nitroso groups, excluding NO2 is 1. The molecule has 2 aromatic rings. The summed E-state index contributed by atoms with van der Waals surface area (Å²) in [6.07, 6.45) is 3.79. The Bertz CT molecular complexity index is 1000. The molecule has 0 saturated heterocycles. The van der Waals surface area contributed by atoms with E-state index >= 15 is 0 Å². The number of carbonyl (C=O) groups excluding carboxylic acids is 1. The highest BCUT2D eigenvalue weighted by molar-refractivity contribution is 8.02. The van der Waals surface area contributed by atoms with Crippen LogP contribution in [-0.2, 0) is 11.2 Å². The number of carbonyl (C=O) groups is 1. The maximum absolute atomic E-state index is 10.9. The quantitative estimate of drug-likeness (QED) is 0.274. The molecule has 0 aliphatic carbocycles. The maximum Gasteiger partial charge on any atom is 0.158 e. The molecule has 1 unspecified atom stereocenters. The van der Waals surface area contributed by atoms with Crippen molar-refractivity contribution in [2.75, 3.05) is 6.61 Å². The van der Waals surface area contributed by atoms with Crippen molar-refractivity contribution in [1.82, 2.24) is 0 Å². The van der Waals surface area contributed by atoms with E-state index in [2.05, 4.69) is 4.58 Å². The standard InChI is InChI=1S/C23H25NO5S/c1-14-15(2)22-20(16(3)21(14)26)9-10-23(4,29-22)13-28-18-7-5-17(6-8-18)11-19(12-25)30-24-27/h5-8,11-12,26H,9-10,13H2,1-4H3/b19-11-. The van der Waals surface area contributed by atoms with Crippen molar-refractivity contribution < 1.29 is 19.4 Å². The normalized spacial score (nSPS) is 18.3. The Balaban J connectivity index is 1.71. The molecule has 1 N–H and O–H groups in total. The Labute approximate surface area is 180 Å². The molecule has 6 nitrogen and oxygen atoms in total. The van der Waals surface area contributed by atoms with Crippen molar-refractivity contribution in [3.8, 4) is 17.2 Å². The van der Waals surface area contributed by atoms with E-state index in [0.29, 0.717) is 36.3 Å². The van der Waals surface area contributed by atoms with Gasteiger partial charge in [0.25, 0.3) is 0 Å². The van der Waals surface area contributed by atoms with Crippen molar-refractivity contribution in [3.63, 3.8) is 0 Å². The van der Waals surface area contributed by atoms with Gasteiger partial charge in [0.05, 0.1) is 16.9 Å². The molecule has 0 radical (unpaired) electrons. The summed E-state index contributed by atoms with van der Waals surface area (Å²) >= 11 is 0.601. The lowest BCUT2D eigenvalue weighted by Gasteiger charge is -2.37. The first-order valence-corrected chi connectivity index (χ1v) is 10.5. The van der Waals surface area contributed by atoms with E-state index in [-0.39, 0.29) is 4.91 Å². The fourth-order valence-corrected chi connectivity index (χ4v) is 3.90. The number of rotatable bonds is 7. The largest absolute Gasteiger partial charge is 0.507 e. The summed E-state index contributed by atoms with van der Waals surface area (Å²) in [6.45, 7) is 8.21. The van der Waals surface area contributed by atoms with Gasteiger partial charge in [0, 0.05) is 10.1 Å². The number of nitrogens with zero attached hydrogens (tertiary/aromatic N) is 1.